The minimum atomic E-state index is -5.08. The molecule has 0 radical (unpaired) electrons. The first-order chi connectivity index (χ1) is 20.6. The van der Waals surface area contributed by atoms with E-state index in [0.29, 0.717) is 25.7 Å². The van der Waals surface area contributed by atoms with Crippen molar-refractivity contribution in [3.8, 4) is 28.7 Å². The predicted octanol–water partition coefficient (Wildman–Crippen LogP) is 2.51. The van der Waals surface area contributed by atoms with E-state index in [4.69, 9.17) is 29.5 Å². The number of nitriles is 1. The highest BCUT2D eigenvalue weighted by molar-refractivity contribution is 5.73. The molecule has 0 saturated carbocycles. The number of aromatic nitrogens is 7. The van der Waals surface area contributed by atoms with Gasteiger partial charge in [-0.15, -0.1) is 0 Å². The molecule has 0 unspecified atom stereocenters. The van der Waals surface area contributed by atoms with Gasteiger partial charge in [0.25, 0.3) is 0 Å². The molecule has 6 heterocycles. The van der Waals surface area contributed by atoms with E-state index in [2.05, 4.69) is 26.6 Å². The van der Waals surface area contributed by atoms with Gasteiger partial charge in [0, 0.05) is 49.5 Å². The van der Waals surface area contributed by atoms with E-state index in [0.717, 1.165) is 41.4 Å². The molecule has 14 nitrogen and oxygen atoms in total. The van der Waals surface area contributed by atoms with E-state index in [1.807, 2.05) is 44.6 Å². The Bertz CT molecular complexity index is 1660. The average Bonchev–Trinajstić information content (AvgIpc) is 3.65. The molecular weight excluding hydrogens is 608 g/mol. The molecule has 44 heavy (non-hydrogen) atoms. The molecular formula is C24H21F6N9O5. The van der Waals surface area contributed by atoms with E-state index < -0.39 is 24.3 Å². The van der Waals surface area contributed by atoms with E-state index in [9.17, 15) is 31.6 Å². The number of ether oxygens (including phenoxy) is 1. The first kappa shape index (κ1) is 31.9. The van der Waals surface area contributed by atoms with Crippen LogP contribution in [0.1, 0.15) is 12.5 Å². The Kier molecular flexibility index (Phi) is 8.91. The number of nitrogens with zero attached hydrogens (tertiary/aromatic N) is 8. The van der Waals surface area contributed by atoms with Crippen LogP contribution in [0.3, 0.4) is 0 Å². The molecule has 2 saturated heterocycles. The summed E-state index contributed by atoms with van der Waals surface area (Å²) in [5.74, 6) is -4.76. The highest BCUT2D eigenvalue weighted by Gasteiger charge is 2.40. The van der Waals surface area contributed by atoms with Crippen LogP contribution in [0.4, 0.5) is 26.3 Å². The molecule has 234 valence electrons. The molecule has 3 N–H and O–H groups in total. The molecule has 4 aromatic rings. The number of carboxylic acids is 2. The van der Waals surface area contributed by atoms with Gasteiger partial charge in [-0.2, -0.15) is 41.8 Å². The Labute approximate surface area is 242 Å². The Morgan fingerprint density at radius 3 is 2.16 bits per heavy atom. The molecule has 0 aromatic carbocycles. The normalized spacial score (nSPS) is 15.9. The second-order valence-corrected chi connectivity index (χ2v) is 9.46. The van der Waals surface area contributed by atoms with Crippen LogP contribution >= 0.6 is 0 Å². The van der Waals surface area contributed by atoms with Crippen molar-refractivity contribution in [1.82, 2.24) is 39.2 Å². The van der Waals surface area contributed by atoms with Crippen molar-refractivity contribution < 1.29 is 50.9 Å². The van der Waals surface area contributed by atoms with E-state index in [1.54, 1.807) is 12.4 Å². The third-order valence-corrected chi connectivity index (χ3v) is 6.41. The number of halogens is 6. The van der Waals surface area contributed by atoms with Gasteiger partial charge in [0.1, 0.15) is 17.0 Å². The zero-order valence-electron chi connectivity index (χ0n) is 22.1. The number of aliphatic carboxylic acids is 2. The number of hydrogen-bond acceptors (Lipinski definition) is 9. The fraction of sp³-hybridized carbons (Fsp3) is 0.375. The van der Waals surface area contributed by atoms with Gasteiger partial charge < -0.3 is 20.3 Å². The Hall–Kier alpha value is -5.03. The highest BCUT2D eigenvalue weighted by atomic mass is 19.4. The fourth-order valence-electron chi connectivity index (χ4n) is 3.95. The molecule has 2 fully saturated rings. The quantitative estimate of drug-likeness (QED) is 0.276. The number of imidazole rings is 1. The molecule has 6 rings (SSSR count). The van der Waals surface area contributed by atoms with Gasteiger partial charge in [0.05, 0.1) is 55.4 Å². The van der Waals surface area contributed by atoms with E-state index in [-0.39, 0.29) is 5.54 Å². The minimum absolute atomic E-state index is 0.287. The largest absolute Gasteiger partial charge is 0.490 e. The lowest BCUT2D eigenvalue weighted by molar-refractivity contribution is -0.193. The average molecular weight is 629 g/mol. The van der Waals surface area contributed by atoms with Gasteiger partial charge >= 0.3 is 24.3 Å². The van der Waals surface area contributed by atoms with Crippen LogP contribution in [-0.2, 0) is 19.9 Å². The fourth-order valence-corrected chi connectivity index (χ4v) is 3.95. The maximum absolute atomic E-state index is 10.6. The van der Waals surface area contributed by atoms with E-state index in [1.165, 1.54) is 0 Å². The zero-order valence-corrected chi connectivity index (χ0v) is 22.1. The molecule has 20 heteroatoms. The number of fused-ring (bicyclic) bond motifs is 1. The summed E-state index contributed by atoms with van der Waals surface area (Å²) >= 11 is 0. The topological polar surface area (TPSA) is 185 Å². The Morgan fingerprint density at radius 1 is 1.05 bits per heavy atom. The highest BCUT2D eigenvalue weighted by Crippen LogP contribution is 2.30. The Balaban J connectivity index is 0.000000265. The lowest BCUT2D eigenvalue weighted by atomic mass is 9.89. The first-order valence-electron chi connectivity index (χ1n) is 12.3. The van der Waals surface area contributed by atoms with Crippen molar-refractivity contribution in [3.63, 3.8) is 0 Å². The van der Waals surface area contributed by atoms with Gasteiger partial charge in [-0.05, 0) is 0 Å². The second-order valence-electron chi connectivity index (χ2n) is 9.46. The van der Waals surface area contributed by atoms with E-state index >= 15 is 0 Å². The minimum Gasteiger partial charge on any atom is -0.475 e. The molecule has 2 aliphatic heterocycles. The lowest BCUT2D eigenvalue weighted by Crippen LogP contribution is -2.60. The van der Waals surface area contributed by atoms with Gasteiger partial charge in [0.2, 0.25) is 0 Å². The van der Waals surface area contributed by atoms with Crippen LogP contribution in [0.5, 0.6) is 0 Å². The summed E-state index contributed by atoms with van der Waals surface area (Å²) in [5.41, 5.74) is 3.14. The number of carbonyl (C=O) groups is 2. The molecule has 4 aromatic heterocycles. The van der Waals surface area contributed by atoms with Gasteiger partial charge in [-0.3, -0.25) is 13.8 Å². The molecule has 0 bridgehead atoms. The summed E-state index contributed by atoms with van der Waals surface area (Å²) in [7, 11) is 0. The monoisotopic (exact) mass is 629 g/mol. The number of hydrogen-bond donors (Lipinski definition) is 3. The summed E-state index contributed by atoms with van der Waals surface area (Å²) in [6, 6.07) is 4.53. The number of rotatable bonds is 5. The smallest absolute Gasteiger partial charge is 0.475 e. The number of carboxylic acid groups (broad SMARTS) is 2. The number of nitrogens with one attached hydrogen (secondary N) is 1. The first-order valence-corrected chi connectivity index (χ1v) is 12.3. The molecule has 0 atom stereocenters. The summed E-state index contributed by atoms with van der Waals surface area (Å²) in [5, 5.41) is 35.8. The van der Waals surface area contributed by atoms with Crippen LogP contribution < -0.4 is 5.32 Å². The SMILES string of the molecule is N#CCC1(n2cc(-c3nc(-c4cnn(C5COC5)c4)cc4nccn34)cn2)CNC1.O=C(O)C(F)(F)F.O=C(O)C(F)(F)F. The van der Waals surface area contributed by atoms with Crippen molar-refractivity contribution in [2.75, 3.05) is 26.3 Å². The van der Waals surface area contributed by atoms with Crippen molar-refractivity contribution in [2.45, 2.75) is 30.4 Å². The standard InChI is InChI=1S/C20H19N9O.2C2HF3O2/c21-2-1-20(12-22-13-20)29-9-15(7-25-29)19-26-17(5-18-23-3-4-27(18)19)14-6-24-28(8-14)16-10-30-11-16;2*3-2(4,5)1(6)7/h3-9,16,22H,1,10-13H2;2*(H,6,7). The maximum atomic E-state index is 10.6. The van der Waals surface area contributed by atoms with Gasteiger partial charge in [-0.1, -0.05) is 0 Å². The molecule has 2 aliphatic rings. The summed E-state index contributed by atoms with van der Waals surface area (Å²) in [4.78, 5) is 27.2. The van der Waals surface area contributed by atoms with Crippen LogP contribution in [0.2, 0.25) is 0 Å². The predicted molar refractivity (Wildman–Crippen MR) is 134 cm³/mol. The lowest BCUT2D eigenvalue weighted by Gasteiger charge is -2.41. The maximum Gasteiger partial charge on any atom is 0.490 e. The molecule has 0 amide bonds. The second kappa shape index (κ2) is 12.3. The van der Waals surface area contributed by atoms with Crippen LogP contribution in [0, 0.1) is 11.3 Å². The van der Waals surface area contributed by atoms with Crippen LogP contribution in [0.15, 0.2) is 43.2 Å². The number of alkyl halides is 6. The van der Waals surface area contributed by atoms with Gasteiger partial charge in [0.15, 0.2) is 0 Å². The van der Waals surface area contributed by atoms with Crippen molar-refractivity contribution in [2.24, 2.45) is 0 Å². The van der Waals surface area contributed by atoms with Crippen molar-refractivity contribution in [3.05, 3.63) is 43.2 Å². The summed E-state index contributed by atoms with van der Waals surface area (Å²) in [6.45, 7) is 2.86. The third-order valence-electron chi connectivity index (χ3n) is 6.41. The van der Waals surface area contributed by atoms with Gasteiger partial charge in [-0.25, -0.2) is 19.6 Å². The molecule has 0 spiro atoms. The van der Waals surface area contributed by atoms with Crippen LogP contribution in [-0.4, -0.2) is 94.7 Å². The van der Waals surface area contributed by atoms with Crippen molar-refractivity contribution >= 4 is 17.6 Å². The summed E-state index contributed by atoms with van der Waals surface area (Å²) in [6.07, 6.45) is 1.51. The summed E-state index contributed by atoms with van der Waals surface area (Å²) < 4.78 is 74.5. The molecule has 0 aliphatic carbocycles. The van der Waals surface area contributed by atoms with Crippen LogP contribution in [0.25, 0.3) is 28.3 Å². The third kappa shape index (κ3) is 6.95. The zero-order chi connectivity index (χ0) is 32.3. The Morgan fingerprint density at radius 2 is 1.66 bits per heavy atom. The van der Waals surface area contributed by atoms with Crippen molar-refractivity contribution in [1.29, 1.82) is 5.26 Å².